The molecule has 1 aliphatic rings. The second-order valence-electron chi connectivity index (χ2n) is 5.82. The molecule has 2 atom stereocenters. The summed E-state index contributed by atoms with van der Waals surface area (Å²) < 4.78 is 0. The maximum Gasteiger partial charge on any atom is 0.226 e. The second-order valence-corrected chi connectivity index (χ2v) is 5.82. The highest BCUT2D eigenvalue weighted by Crippen LogP contribution is 2.39. The largest absolute Gasteiger partial charge is 0.378 e. The van der Waals surface area contributed by atoms with Crippen LogP contribution in [-0.2, 0) is 4.79 Å². The van der Waals surface area contributed by atoms with Crippen LogP contribution in [-0.4, -0.2) is 11.9 Å². The Morgan fingerprint density at radius 1 is 1.14 bits per heavy atom. The summed E-state index contributed by atoms with van der Waals surface area (Å²) >= 11 is 0. The maximum absolute atomic E-state index is 12.3. The van der Waals surface area contributed by atoms with E-state index in [1.54, 1.807) is 0 Å². The molecule has 2 aromatic rings. The van der Waals surface area contributed by atoms with Crippen molar-refractivity contribution in [1.29, 1.82) is 0 Å². The van der Waals surface area contributed by atoms with Gasteiger partial charge in [0.2, 0.25) is 5.91 Å². The van der Waals surface area contributed by atoms with Crippen molar-refractivity contribution in [1.82, 2.24) is 0 Å². The zero-order valence-corrected chi connectivity index (χ0v) is 13.1. The second kappa shape index (κ2) is 6.22. The summed E-state index contributed by atoms with van der Waals surface area (Å²) in [5.41, 5.74) is 3.36. The number of carbonyl (C=O) groups excluding carboxylic acids is 1. The Hall–Kier alpha value is -2.29. The molecule has 3 rings (SSSR count). The molecular weight excluding hydrogens is 272 g/mol. The molecule has 2 aromatic carbocycles. The molecule has 0 spiro atoms. The lowest BCUT2D eigenvalue weighted by atomic mass is 9.91. The van der Waals surface area contributed by atoms with Crippen LogP contribution < -0.4 is 10.2 Å². The molecule has 0 bridgehead atoms. The van der Waals surface area contributed by atoms with Gasteiger partial charge >= 0.3 is 0 Å². The highest BCUT2D eigenvalue weighted by molar-refractivity contribution is 5.95. The fraction of sp³-hybridized carbons (Fsp3) is 0.316. The monoisotopic (exact) mass is 294 g/mol. The molecule has 1 aliphatic heterocycles. The number of hydrogen-bond donors (Lipinski definition) is 1. The Morgan fingerprint density at radius 2 is 1.82 bits per heavy atom. The van der Waals surface area contributed by atoms with E-state index in [1.807, 2.05) is 42.2 Å². The highest BCUT2D eigenvalue weighted by Gasteiger charge is 2.32. The smallest absolute Gasteiger partial charge is 0.226 e. The molecule has 3 heteroatoms. The lowest BCUT2D eigenvalue weighted by Gasteiger charge is -2.40. The van der Waals surface area contributed by atoms with E-state index in [4.69, 9.17) is 0 Å². The van der Waals surface area contributed by atoms with E-state index in [1.165, 1.54) is 5.56 Å². The average Bonchev–Trinajstić information content (AvgIpc) is 2.55. The molecule has 0 saturated heterocycles. The van der Waals surface area contributed by atoms with Crippen LogP contribution in [0, 0.1) is 0 Å². The molecule has 0 radical (unpaired) electrons. The van der Waals surface area contributed by atoms with Gasteiger partial charge in [-0.2, -0.15) is 0 Å². The molecular formula is C19H22N2O. The lowest BCUT2D eigenvalue weighted by Crippen LogP contribution is -2.44. The quantitative estimate of drug-likeness (QED) is 0.911. The Labute approximate surface area is 132 Å². The lowest BCUT2D eigenvalue weighted by molar-refractivity contribution is -0.118. The average molecular weight is 294 g/mol. The standard InChI is InChI=1S/C19H22N2O/c1-3-19(22)21-14(2)13-17(16-11-7-8-12-18(16)21)20-15-9-5-4-6-10-15/h4-12,14,17,20H,3,13H2,1-2H3/t14-,17+/m1/s1. The summed E-state index contributed by atoms with van der Waals surface area (Å²) in [6.45, 7) is 4.05. The predicted octanol–water partition coefficient (Wildman–Crippen LogP) is 4.38. The van der Waals surface area contributed by atoms with E-state index < -0.39 is 0 Å². The van der Waals surface area contributed by atoms with Gasteiger partial charge in [-0.05, 0) is 37.1 Å². The highest BCUT2D eigenvalue weighted by atomic mass is 16.2. The molecule has 0 saturated carbocycles. The first-order valence-corrected chi connectivity index (χ1v) is 7.93. The molecule has 1 N–H and O–H groups in total. The Bertz CT molecular complexity index is 653. The molecule has 114 valence electrons. The molecule has 1 heterocycles. The van der Waals surface area contributed by atoms with Crippen LogP contribution >= 0.6 is 0 Å². The van der Waals surface area contributed by atoms with Gasteiger partial charge in [-0.3, -0.25) is 4.79 Å². The number of benzene rings is 2. The van der Waals surface area contributed by atoms with E-state index in [9.17, 15) is 4.79 Å². The van der Waals surface area contributed by atoms with Crippen molar-refractivity contribution in [3.8, 4) is 0 Å². The third-order valence-electron chi connectivity index (χ3n) is 4.28. The Kier molecular flexibility index (Phi) is 4.14. The number of nitrogens with zero attached hydrogens (tertiary/aromatic N) is 1. The minimum atomic E-state index is 0.193. The van der Waals surface area contributed by atoms with Crippen LogP contribution in [0.4, 0.5) is 11.4 Å². The van der Waals surface area contributed by atoms with Gasteiger partial charge in [-0.1, -0.05) is 43.3 Å². The molecule has 22 heavy (non-hydrogen) atoms. The van der Waals surface area contributed by atoms with Crippen molar-refractivity contribution in [2.45, 2.75) is 38.8 Å². The van der Waals surface area contributed by atoms with Crippen molar-refractivity contribution in [2.24, 2.45) is 0 Å². The summed E-state index contributed by atoms with van der Waals surface area (Å²) in [7, 11) is 0. The molecule has 0 fully saturated rings. The van der Waals surface area contributed by atoms with Gasteiger partial charge < -0.3 is 10.2 Å². The van der Waals surface area contributed by atoms with Gasteiger partial charge in [0, 0.05) is 23.8 Å². The van der Waals surface area contributed by atoms with Gasteiger partial charge in [0.05, 0.1) is 6.04 Å². The number of fused-ring (bicyclic) bond motifs is 1. The Balaban J connectivity index is 1.95. The number of nitrogens with one attached hydrogen (secondary N) is 1. The molecule has 0 unspecified atom stereocenters. The predicted molar refractivity (Wildman–Crippen MR) is 91.1 cm³/mol. The minimum Gasteiger partial charge on any atom is -0.378 e. The van der Waals surface area contributed by atoms with Crippen LogP contribution in [0.5, 0.6) is 0 Å². The zero-order chi connectivity index (χ0) is 15.5. The van der Waals surface area contributed by atoms with E-state index in [-0.39, 0.29) is 18.0 Å². The van der Waals surface area contributed by atoms with Gasteiger partial charge in [0.25, 0.3) is 0 Å². The third kappa shape index (κ3) is 2.71. The summed E-state index contributed by atoms with van der Waals surface area (Å²) in [4.78, 5) is 14.3. The first-order valence-electron chi connectivity index (χ1n) is 7.93. The van der Waals surface area contributed by atoms with Crippen LogP contribution in [0.3, 0.4) is 0 Å². The van der Waals surface area contributed by atoms with Crippen molar-refractivity contribution in [2.75, 3.05) is 10.2 Å². The maximum atomic E-state index is 12.3. The number of amides is 1. The van der Waals surface area contributed by atoms with Gasteiger partial charge in [0.15, 0.2) is 0 Å². The first kappa shape index (κ1) is 14.6. The van der Waals surface area contributed by atoms with E-state index >= 15 is 0 Å². The minimum absolute atomic E-state index is 0.193. The van der Waals surface area contributed by atoms with E-state index in [2.05, 4.69) is 36.5 Å². The Morgan fingerprint density at radius 3 is 2.55 bits per heavy atom. The molecule has 3 nitrogen and oxygen atoms in total. The van der Waals surface area contributed by atoms with Gasteiger partial charge in [0.1, 0.15) is 0 Å². The summed E-state index contributed by atoms with van der Waals surface area (Å²) in [5.74, 6) is 0.193. The fourth-order valence-corrected chi connectivity index (χ4v) is 3.24. The number of hydrogen-bond acceptors (Lipinski definition) is 2. The molecule has 0 aliphatic carbocycles. The van der Waals surface area contributed by atoms with Crippen LogP contribution in [0.1, 0.15) is 38.3 Å². The van der Waals surface area contributed by atoms with Crippen LogP contribution in [0.25, 0.3) is 0 Å². The van der Waals surface area contributed by atoms with Crippen molar-refractivity contribution >= 4 is 17.3 Å². The molecule has 0 aromatic heterocycles. The van der Waals surface area contributed by atoms with E-state index in [0.29, 0.717) is 6.42 Å². The normalized spacial score (nSPS) is 20.4. The fourth-order valence-electron chi connectivity index (χ4n) is 3.24. The van der Waals surface area contributed by atoms with Crippen LogP contribution in [0.2, 0.25) is 0 Å². The van der Waals surface area contributed by atoms with Gasteiger partial charge in [-0.25, -0.2) is 0 Å². The number of rotatable bonds is 3. The number of anilines is 2. The van der Waals surface area contributed by atoms with Gasteiger partial charge in [-0.15, -0.1) is 0 Å². The SMILES string of the molecule is CCC(=O)N1c2ccccc2[C@@H](Nc2ccccc2)C[C@H]1C. The third-order valence-corrected chi connectivity index (χ3v) is 4.28. The number of para-hydroxylation sites is 2. The number of carbonyl (C=O) groups is 1. The zero-order valence-electron chi connectivity index (χ0n) is 13.1. The summed E-state index contributed by atoms with van der Waals surface area (Å²) in [6.07, 6.45) is 1.45. The van der Waals surface area contributed by atoms with Crippen molar-refractivity contribution in [3.63, 3.8) is 0 Å². The van der Waals surface area contributed by atoms with E-state index in [0.717, 1.165) is 17.8 Å². The first-order chi connectivity index (χ1) is 10.7. The van der Waals surface area contributed by atoms with Crippen LogP contribution in [0.15, 0.2) is 54.6 Å². The summed E-state index contributed by atoms with van der Waals surface area (Å²) in [6, 6.07) is 18.9. The summed E-state index contributed by atoms with van der Waals surface area (Å²) in [5, 5.41) is 3.61. The van der Waals surface area contributed by atoms with Crippen molar-refractivity contribution < 1.29 is 4.79 Å². The van der Waals surface area contributed by atoms with Crippen molar-refractivity contribution in [3.05, 3.63) is 60.2 Å². The molecule has 1 amide bonds. The topological polar surface area (TPSA) is 32.3 Å².